The molecule has 1 aromatic heterocycles. The number of hydrogen-bond acceptors (Lipinski definition) is 3. The van der Waals surface area contributed by atoms with Gasteiger partial charge in [-0.25, -0.2) is 4.98 Å². The predicted octanol–water partition coefficient (Wildman–Crippen LogP) is 1.98. The van der Waals surface area contributed by atoms with Gasteiger partial charge >= 0.3 is 0 Å². The number of nitrogens with one attached hydrogen (secondary N) is 1. The summed E-state index contributed by atoms with van der Waals surface area (Å²) in [7, 11) is 1.59. The van der Waals surface area contributed by atoms with Crippen LogP contribution >= 0.6 is 31.9 Å². The Balaban J connectivity index is 2.65. The lowest BCUT2D eigenvalue weighted by molar-refractivity contribution is 0.0937. The first kappa shape index (κ1) is 12.6. The van der Waals surface area contributed by atoms with Crippen LogP contribution in [0.3, 0.4) is 0 Å². The highest BCUT2D eigenvalue weighted by Crippen LogP contribution is 2.15. The average molecular weight is 338 g/mol. The van der Waals surface area contributed by atoms with E-state index >= 15 is 0 Å². The number of carbonyl (C=O) groups excluding carboxylic acids is 1. The normalized spacial score (nSPS) is 10.1. The topological polar surface area (TPSA) is 51.2 Å². The molecule has 0 saturated carbocycles. The van der Waals surface area contributed by atoms with Crippen LogP contribution in [-0.4, -0.2) is 31.2 Å². The second-order valence-electron chi connectivity index (χ2n) is 2.75. The minimum Gasteiger partial charge on any atom is -0.383 e. The van der Waals surface area contributed by atoms with Crippen molar-refractivity contribution in [2.24, 2.45) is 0 Å². The molecule has 0 aromatic carbocycles. The summed E-state index contributed by atoms with van der Waals surface area (Å²) in [6.07, 6.45) is 0. The molecule has 6 heteroatoms. The van der Waals surface area contributed by atoms with E-state index in [0.717, 1.165) is 0 Å². The van der Waals surface area contributed by atoms with E-state index in [1.165, 1.54) is 0 Å². The Morgan fingerprint density at radius 3 is 2.60 bits per heavy atom. The fourth-order valence-electron chi connectivity index (χ4n) is 0.965. The quantitative estimate of drug-likeness (QED) is 0.675. The number of methoxy groups -OCH3 is 1. The second kappa shape index (κ2) is 6.19. The van der Waals surface area contributed by atoms with E-state index in [4.69, 9.17) is 4.74 Å². The van der Waals surface area contributed by atoms with Crippen molar-refractivity contribution in [1.82, 2.24) is 10.3 Å². The second-order valence-corrected chi connectivity index (χ2v) is 4.37. The van der Waals surface area contributed by atoms with Crippen LogP contribution in [-0.2, 0) is 4.74 Å². The van der Waals surface area contributed by atoms with Gasteiger partial charge in [-0.15, -0.1) is 0 Å². The highest BCUT2D eigenvalue weighted by molar-refractivity contribution is 9.11. The van der Waals surface area contributed by atoms with Crippen molar-refractivity contribution in [1.29, 1.82) is 0 Å². The van der Waals surface area contributed by atoms with Crippen LogP contribution in [0.25, 0.3) is 0 Å². The fourth-order valence-corrected chi connectivity index (χ4v) is 2.08. The van der Waals surface area contributed by atoms with Crippen molar-refractivity contribution >= 4 is 37.8 Å². The highest BCUT2D eigenvalue weighted by atomic mass is 79.9. The molecule has 15 heavy (non-hydrogen) atoms. The summed E-state index contributed by atoms with van der Waals surface area (Å²) in [6, 6.07) is 3.32. The first-order valence-electron chi connectivity index (χ1n) is 4.23. The molecule has 1 N–H and O–H groups in total. The Labute approximate surface area is 105 Å². The number of nitrogens with zero attached hydrogens (tertiary/aromatic N) is 1. The third kappa shape index (κ3) is 4.27. The number of halogens is 2. The lowest BCUT2D eigenvalue weighted by Gasteiger charge is -2.04. The van der Waals surface area contributed by atoms with Gasteiger partial charge in [0.15, 0.2) is 0 Å². The largest absolute Gasteiger partial charge is 0.383 e. The third-order valence-corrected chi connectivity index (χ3v) is 2.43. The van der Waals surface area contributed by atoms with E-state index in [9.17, 15) is 4.79 Å². The smallest absolute Gasteiger partial charge is 0.251 e. The van der Waals surface area contributed by atoms with Crippen molar-refractivity contribution in [2.75, 3.05) is 20.3 Å². The molecule has 1 heterocycles. The molecular weight excluding hydrogens is 328 g/mol. The Morgan fingerprint density at radius 2 is 2.07 bits per heavy atom. The maximum absolute atomic E-state index is 11.6. The van der Waals surface area contributed by atoms with E-state index < -0.39 is 0 Å². The van der Waals surface area contributed by atoms with Gasteiger partial charge in [0, 0.05) is 19.2 Å². The molecule has 0 unspecified atom stereocenters. The Hall–Kier alpha value is -0.460. The molecule has 0 aliphatic carbocycles. The van der Waals surface area contributed by atoms with Crippen LogP contribution in [0.15, 0.2) is 21.3 Å². The molecule has 0 atom stereocenters. The summed E-state index contributed by atoms with van der Waals surface area (Å²) in [6.45, 7) is 0.992. The number of pyridine rings is 1. The number of rotatable bonds is 4. The molecule has 1 amide bonds. The van der Waals surface area contributed by atoms with E-state index in [-0.39, 0.29) is 5.91 Å². The standard InChI is InChI=1S/C9H10Br2N2O2/c1-15-3-2-12-9(14)6-4-7(10)13-8(11)5-6/h4-5H,2-3H2,1H3,(H,12,14). The molecule has 1 aromatic rings. The molecule has 0 spiro atoms. The SMILES string of the molecule is COCCNC(=O)c1cc(Br)nc(Br)c1. The van der Waals surface area contributed by atoms with Gasteiger partial charge in [-0.05, 0) is 44.0 Å². The lowest BCUT2D eigenvalue weighted by atomic mass is 10.2. The zero-order valence-electron chi connectivity index (χ0n) is 8.09. The maximum atomic E-state index is 11.6. The van der Waals surface area contributed by atoms with Gasteiger partial charge in [0.25, 0.3) is 5.91 Å². The Morgan fingerprint density at radius 1 is 1.47 bits per heavy atom. The van der Waals surface area contributed by atoms with Crippen molar-refractivity contribution < 1.29 is 9.53 Å². The fraction of sp³-hybridized carbons (Fsp3) is 0.333. The van der Waals surface area contributed by atoms with Crippen molar-refractivity contribution in [3.8, 4) is 0 Å². The minimum atomic E-state index is -0.143. The van der Waals surface area contributed by atoms with Gasteiger partial charge in [0.1, 0.15) is 9.21 Å². The van der Waals surface area contributed by atoms with Crippen molar-refractivity contribution in [2.45, 2.75) is 0 Å². The van der Waals surface area contributed by atoms with Crippen LogP contribution in [0.4, 0.5) is 0 Å². The molecule has 4 nitrogen and oxygen atoms in total. The first-order chi connectivity index (χ1) is 7.13. The van der Waals surface area contributed by atoms with E-state index in [2.05, 4.69) is 42.2 Å². The van der Waals surface area contributed by atoms with Crippen molar-refractivity contribution in [3.63, 3.8) is 0 Å². The molecule has 0 aliphatic rings. The van der Waals surface area contributed by atoms with Gasteiger partial charge in [-0.3, -0.25) is 4.79 Å². The minimum absolute atomic E-state index is 0.143. The van der Waals surface area contributed by atoms with E-state index in [1.54, 1.807) is 19.2 Å². The van der Waals surface area contributed by atoms with E-state index in [0.29, 0.717) is 27.9 Å². The Kier molecular flexibility index (Phi) is 5.21. The van der Waals surface area contributed by atoms with Crippen LogP contribution < -0.4 is 5.32 Å². The van der Waals surface area contributed by atoms with E-state index in [1.807, 2.05) is 0 Å². The van der Waals surface area contributed by atoms with Crippen LogP contribution in [0, 0.1) is 0 Å². The number of carbonyl (C=O) groups is 1. The van der Waals surface area contributed by atoms with Crippen LogP contribution in [0.2, 0.25) is 0 Å². The molecule has 1 rings (SSSR count). The number of hydrogen-bond donors (Lipinski definition) is 1. The summed E-state index contributed by atoms with van der Waals surface area (Å²) in [4.78, 5) is 15.6. The zero-order chi connectivity index (χ0) is 11.3. The van der Waals surface area contributed by atoms with Crippen LogP contribution in [0.1, 0.15) is 10.4 Å². The molecule has 0 radical (unpaired) electrons. The Bertz CT molecular complexity index is 338. The maximum Gasteiger partial charge on any atom is 0.251 e. The number of amides is 1. The lowest BCUT2D eigenvalue weighted by Crippen LogP contribution is -2.27. The zero-order valence-corrected chi connectivity index (χ0v) is 11.3. The average Bonchev–Trinajstić information content (AvgIpc) is 2.16. The summed E-state index contributed by atoms with van der Waals surface area (Å²) in [5, 5.41) is 2.72. The number of aromatic nitrogens is 1. The van der Waals surface area contributed by atoms with Gasteiger partial charge in [-0.2, -0.15) is 0 Å². The summed E-state index contributed by atoms with van der Waals surface area (Å²) in [5.41, 5.74) is 0.555. The van der Waals surface area contributed by atoms with Gasteiger partial charge < -0.3 is 10.1 Å². The monoisotopic (exact) mass is 336 g/mol. The summed E-state index contributed by atoms with van der Waals surface area (Å²) < 4.78 is 6.07. The number of ether oxygens (including phenoxy) is 1. The van der Waals surface area contributed by atoms with Crippen LogP contribution in [0.5, 0.6) is 0 Å². The molecule has 0 bridgehead atoms. The predicted molar refractivity (Wildman–Crippen MR) is 63.8 cm³/mol. The van der Waals surface area contributed by atoms with Crippen molar-refractivity contribution in [3.05, 3.63) is 26.9 Å². The van der Waals surface area contributed by atoms with Gasteiger partial charge in [0.2, 0.25) is 0 Å². The highest BCUT2D eigenvalue weighted by Gasteiger charge is 2.07. The third-order valence-electron chi connectivity index (χ3n) is 1.62. The summed E-state index contributed by atoms with van der Waals surface area (Å²) >= 11 is 6.43. The molecule has 82 valence electrons. The van der Waals surface area contributed by atoms with Gasteiger partial charge in [-0.1, -0.05) is 0 Å². The molecule has 0 aliphatic heterocycles. The molecule has 0 saturated heterocycles. The first-order valence-corrected chi connectivity index (χ1v) is 5.82. The van der Waals surface area contributed by atoms with Gasteiger partial charge in [0.05, 0.1) is 6.61 Å². The molecular formula is C9H10Br2N2O2. The molecule has 0 fully saturated rings. The summed E-state index contributed by atoms with van der Waals surface area (Å²) in [5.74, 6) is -0.143.